The van der Waals surface area contributed by atoms with E-state index in [-0.39, 0.29) is 23.8 Å². The summed E-state index contributed by atoms with van der Waals surface area (Å²) < 4.78 is 4.90. The molecule has 0 bridgehead atoms. The van der Waals surface area contributed by atoms with E-state index in [0.717, 1.165) is 0 Å². The molecule has 1 heterocycles. The summed E-state index contributed by atoms with van der Waals surface area (Å²) in [6, 6.07) is 1.52. The minimum Gasteiger partial charge on any atom is -0.462 e. The van der Waals surface area contributed by atoms with Crippen LogP contribution in [0.15, 0.2) is 12.3 Å². The summed E-state index contributed by atoms with van der Waals surface area (Å²) in [6.07, 6.45) is 1.73. The summed E-state index contributed by atoms with van der Waals surface area (Å²) in [5.74, 6) is 0.00666. The number of nitrogens with two attached hydrogens (primary N) is 1. The molecule has 20 heavy (non-hydrogen) atoms. The summed E-state index contributed by atoms with van der Waals surface area (Å²) in [5, 5.41) is 2.97. The largest absolute Gasteiger partial charge is 0.462 e. The summed E-state index contributed by atoms with van der Waals surface area (Å²) in [6.45, 7) is 2.43. The third kappa shape index (κ3) is 4.42. The number of nitrogen functional groups attached to an aromatic ring is 1. The topological polar surface area (TPSA) is 97.5 Å². The van der Waals surface area contributed by atoms with Crippen LogP contribution in [-0.2, 0) is 9.53 Å². The number of esters is 1. The molecule has 0 aliphatic heterocycles. The molecule has 1 aromatic rings. The molecule has 1 rings (SSSR count). The minimum atomic E-state index is -0.486. The molecule has 1 amide bonds. The zero-order chi connectivity index (χ0) is 15.1. The van der Waals surface area contributed by atoms with Crippen LogP contribution in [0.25, 0.3) is 0 Å². The highest BCUT2D eigenvalue weighted by atomic mass is 16.5. The second-order valence-corrected chi connectivity index (χ2v) is 4.34. The second-order valence-electron chi connectivity index (χ2n) is 4.34. The van der Waals surface area contributed by atoms with Crippen LogP contribution in [-0.4, -0.2) is 49.0 Å². The summed E-state index contributed by atoms with van der Waals surface area (Å²) >= 11 is 0. The number of nitrogens with zero attached hydrogens (tertiary/aromatic N) is 2. The van der Waals surface area contributed by atoms with Gasteiger partial charge in [0.25, 0.3) is 0 Å². The summed E-state index contributed by atoms with van der Waals surface area (Å²) in [5.41, 5.74) is 6.21. The van der Waals surface area contributed by atoms with Gasteiger partial charge in [0.2, 0.25) is 5.91 Å². The van der Waals surface area contributed by atoms with Crippen LogP contribution in [0.5, 0.6) is 0 Å². The lowest BCUT2D eigenvalue weighted by atomic mass is 10.2. The van der Waals surface area contributed by atoms with Crippen molar-refractivity contribution in [3.8, 4) is 0 Å². The van der Waals surface area contributed by atoms with Crippen LogP contribution in [0.1, 0.15) is 23.7 Å². The lowest BCUT2D eigenvalue weighted by Crippen LogP contribution is -2.24. The highest BCUT2D eigenvalue weighted by Gasteiger charge is 2.12. The van der Waals surface area contributed by atoms with Gasteiger partial charge in [-0.1, -0.05) is 0 Å². The average molecular weight is 280 g/mol. The molecule has 3 N–H and O–H groups in total. The Kier molecular flexibility index (Phi) is 5.76. The van der Waals surface area contributed by atoms with E-state index in [9.17, 15) is 9.59 Å². The predicted molar refractivity (Wildman–Crippen MR) is 76.4 cm³/mol. The van der Waals surface area contributed by atoms with Gasteiger partial charge >= 0.3 is 5.97 Å². The van der Waals surface area contributed by atoms with E-state index in [1.165, 1.54) is 17.2 Å². The van der Waals surface area contributed by atoms with E-state index in [1.807, 2.05) is 0 Å². The number of anilines is 2. The van der Waals surface area contributed by atoms with Gasteiger partial charge in [-0.15, -0.1) is 0 Å². The number of amides is 1. The van der Waals surface area contributed by atoms with Gasteiger partial charge in [-0.3, -0.25) is 4.79 Å². The maximum atomic E-state index is 11.7. The van der Waals surface area contributed by atoms with Gasteiger partial charge in [0.05, 0.1) is 24.1 Å². The molecule has 110 valence electrons. The normalized spacial score (nSPS) is 9.95. The van der Waals surface area contributed by atoms with Gasteiger partial charge in [0.1, 0.15) is 5.82 Å². The third-order valence-corrected chi connectivity index (χ3v) is 2.57. The molecule has 0 atom stereocenters. The second kappa shape index (κ2) is 7.32. The first-order valence-electron chi connectivity index (χ1n) is 6.32. The lowest BCUT2D eigenvalue weighted by Gasteiger charge is -2.11. The average Bonchev–Trinajstić information content (AvgIpc) is 2.40. The maximum absolute atomic E-state index is 11.7. The molecule has 0 saturated carbocycles. The highest BCUT2D eigenvalue weighted by Crippen LogP contribution is 2.16. The number of aromatic nitrogens is 1. The number of rotatable bonds is 6. The molecular formula is C13H20N4O3. The van der Waals surface area contributed by atoms with Crippen LogP contribution in [0.4, 0.5) is 11.5 Å². The van der Waals surface area contributed by atoms with Gasteiger partial charge in [-0.25, -0.2) is 9.78 Å². The van der Waals surface area contributed by atoms with Crippen LogP contribution in [0, 0.1) is 0 Å². The Morgan fingerprint density at radius 3 is 2.75 bits per heavy atom. The van der Waals surface area contributed by atoms with Crippen LogP contribution < -0.4 is 11.1 Å². The fourth-order valence-corrected chi connectivity index (χ4v) is 1.47. The molecule has 0 spiro atoms. The Balaban J connectivity index is 2.66. The van der Waals surface area contributed by atoms with Crippen LogP contribution >= 0.6 is 0 Å². The molecule has 0 saturated heterocycles. The molecule has 0 aromatic carbocycles. The summed E-state index contributed by atoms with van der Waals surface area (Å²) in [7, 11) is 3.39. The van der Waals surface area contributed by atoms with Crippen molar-refractivity contribution in [2.45, 2.75) is 13.3 Å². The first-order valence-corrected chi connectivity index (χ1v) is 6.32. The molecule has 7 nitrogen and oxygen atoms in total. The molecule has 0 fully saturated rings. The van der Waals surface area contributed by atoms with E-state index in [2.05, 4.69) is 10.3 Å². The SMILES string of the molecule is CCOC(=O)c1cc(NCCC(=O)N(C)C)ncc1N. The molecule has 1 aromatic heterocycles. The number of nitrogens with one attached hydrogen (secondary N) is 1. The van der Waals surface area contributed by atoms with Crippen LogP contribution in [0.2, 0.25) is 0 Å². The van der Waals surface area contributed by atoms with Crippen molar-refractivity contribution < 1.29 is 14.3 Å². The summed E-state index contributed by atoms with van der Waals surface area (Å²) in [4.78, 5) is 28.7. The molecule has 0 radical (unpaired) electrons. The Morgan fingerprint density at radius 2 is 2.15 bits per heavy atom. The van der Waals surface area contributed by atoms with E-state index >= 15 is 0 Å². The zero-order valence-electron chi connectivity index (χ0n) is 12.0. The maximum Gasteiger partial charge on any atom is 0.340 e. The fourth-order valence-electron chi connectivity index (χ4n) is 1.47. The van der Waals surface area contributed by atoms with E-state index in [0.29, 0.717) is 18.8 Å². The van der Waals surface area contributed by atoms with Crippen molar-refractivity contribution in [2.75, 3.05) is 38.3 Å². The Hall–Kier alpha value is -2.31. The number of hydrogen-bond donors (Lipinski definition) is 2. The van der Waals surface area contributed by atoms with Gasteiger partial charge < -0.3 is 20.7 Å². The van der Waals surface area contributed by atoms with E-state index < -0.39 is 5.97 Å². The quantitative estimate of drug-likeness (QED) is 0.746. The van der Waals surface area contributed by atoms with Crippen LogP contribution in [0.3, 0.4) is 0 Å². The molecule has 0 aliphatic rings. The van der Waals surface area contributed by atoms with Crippen molar-refractivity contribution >= 4 is 23.4 Å². The Bertz CT molecular complexity index is 489. The van der Waals surface area contributed by atoms with Crippen molar-refractivity contribution in [2.24, 2.45) is 0 Å². The van der Waals surface area contributed by atoms with Crippen molar-refractivity contribution in [1.29, 1.82) is 0 Å². The van der Waals surface area contributed by atoms with Crippen molar-refractivity contribution in [3.63, 3.8) is 0 Å². The first kappa shape index (κ1) is 15.7. The predicted octanol–water partition coefficient (Wildman–Crippen LogP) is 0.731. The highest BCUT2D eigenvalue weighted by molar-refractivity contribution is 5.95. The number of carbonyl (C=O) groups is 2. The van der Waals surface area contributed by atoms with Gasteiger partial charge in [-0.05, 0) is 13.0 Å². The standard InChI is InChI=1S/C13H20N4O3/c1-4-20-13(19)9-7-11(16-8-10(9)14)15-6-5-12(18)17(2)3/h7-8H,4-6,14H2,1-3H3,(H,15,16). The van der Waals surface area contributed by atoms with E-state index in [4.69, 9.17) is 10.5 Å². The molecule has 7 heteroatoms. The first-order chi connectivity index (χ1) is 9.45. The molecular weight excluding hydrogens is 260 g/mol. The molecule has 0 unspecified atom stereocenters. The third-order valence-electron chi connectivity index (χ3n) is 2.57. The fraction of sp³-hybridized carbons (Fsp3) is 0.462. The molecule has 0 aliphatic carbocycles. The van der Waals surface area contributed by atoms with E-state index in [1.54, 1.807) is 21.0 Å². The Labute approximate surface area is 118 Å². The Morgan fingerprint density at radius 1 is 1.45 bits per heavy atom. The van der Waals surface area contributed by atoms with Gasteiger partial charge in [-0.2, -0.15) is 0 Å². The number of carbonyl (C=O) groups excluding carboxylic acids is 2. The van der Waals surface area contributed by atoms with Gasteiger partial charge in [0, 0.05) is 27.1 Å². The lowest BCUT2D eigenvalue weighted by molar-refractivity contribution is -0.128. The number of hydrogen-bond acceptors (Lipinski definition) is 6. The van der Waals surface area contributed by atoms with Crippen molar-refractivity contribution in [1.82, 2.24) is 9.88 Å². The zero-order valence-corrected chi connectivity index (χ0v) is 12.0. The van der Waals surface area contributed by atoms with Gasteiger partial charge in [0.15, 0.2) is 0 Å². The minimum absolute atomic E-state index is 0.0126. The monoisotopic (exact) mass is 280 g/mol. The number of ether oxygens (including phenoxy) is 1. The number of pyridine rings is 1. The van der Waals surface area contributed by atoms with Crippen molar-refractivity contribution in [3.05, 3.63) is 17.8 Å². The smallest absolute Gasteiger partial charge is 0.340 e.